The van der Waals surface area contributed by atoms with Gasteiger partial charge in [-0.25, -0.2) is 0 Å². The maximum atomic E-state index is 13.8. The monoisotopic (exact) mass is 464 g/mol. The van der Waals surface area contributed by atoms with Crippen LogP contribution in [0.25, 0.3) is 32.6 Å². The molecule has 2 aromatic carbocycles. The minimum atomic E-state index is -0.0944. The largest absolute Gasteiger partial charge is 0.493 e. The SMILES string of the molecule is COc1cc2c(=O)n(CCNCCN(C)C)c3c4cc5c(cc4ncc3c2cc1OC)OCO5. The normalized spacial score (nSPS) is 12.9. The number of likely N-dealkylation sites (N-methyl/N-ethyl adjacent to an activating group) is 1. The fourth-order valence-electron chi connectivity index (χ4n) is 4.41. The molecule has 0 radical (unpaired) electrons. The molecule has 178 valence electrons. The summed E-state index contributed by atoms with van der Waals surface area (Å²) < 4.78 is 24.0. The lowest BCUT2D eigenvalue weighted by Gasteiger charge is -2.17. The van der Waals surface area contributed by atoms with Crippen LogP contribution in [0.4, 0.5) is 0 Å². The second kappa shape index (κ2) is 9.00. The van der Waals surface area contributed by atoms with E-state index in [1.807, 2.05) is 43.1 Å². The van der Waals surface area contributed by atoms with Gasteiger partial charge in [0.15, 0.2) is 23.0 Å². The third kappa shape index (κ3) is 3.76. The molecule has 0 atom stereocenters. The second-order valence-corrected chi connectivity index (χ2v) is 8.51. The minimum absolute atomic E-state index is 0.0944. The van der Waals surface area contributed by atoms with Crippen molar-refractivity contribution < 1.29 is 18.9 Å². The van der Waals surface area contributed by atoms with Crippen LogP contribution in [0, 0.1) is 0 Å². The molecular weight excluding hydrogens is 436 g/mol. The number of fused-ring (bicyclic) bond motifs is 6. The van der Waals surface area contributed by atoms with Gasteiger partial charge in [-0.3, -0.25) is 9.78 Å². The summed E-state index contributed by atoms with van der Waals surface area (Å²) in [4.78, 5) is 20.6. The van der Waals surface area contributed by atoms with Gasteiger partial charge in [0, 0.05) is 54.6 Å². The molecule has 0 amide bonds. The van der Waals surface area contributed by atoms with Gasteiger partial charge in [0.25, 0.3) is 5.56 Å². The Morgan fingerprint density at radius 2 is 1.68 bits per heavy atom. The smallest absolute Gasteiger partial charge is 0.259 e. The van der Waals surface area contributed by atoms with E-state index in [0.717, 1.165) is 40.3 Å². The number of pyridine rings is 2. The molecule has 9 heteroatoms. The van der Waals surface area contributed by atoms with E-state index in [2.05, 4.69) is 10.2 Å². The van der Waals surface area contributed by atoms with E-state index in [4.69, 9.17) is 23.9 Å². The minimum Gasteiger partial charge on any atom is -0.493 e. The van der Waals surface area contributed by atoms with Crippen molar-refractivity contribution in [2.75, 3.05) is 54.7 Å². The van der Waals surface area contributed by atoms with E-state index < -0.39 is 0 Å². The molecule has 0 spiro atoms. The summed E-state index contributed by atoms with van der Waals surface area (Å²) in [5.41, 5.74) is 1.45. The van der Waals surface area contributed by atoms with Gasteiger partial charge in [0.2, 0.25) is 6.79 Å². The highest BCUT2D eigenvalue weighted by atomic mass is 16.7. The van der Waals surface area contributed by atoms with Crippen molar-refractivity contribution in [2.24, 2.45) is 0 Å². The fourth-order valence-corrected chi connectivity index (χ4v) is 4.41. The number of aromatic nitrogens is 2. The first-order valence-electron chi connectivity index (χ1n) is 11.2. The number of hydrogen-bond donors (Lipinski definition) is 1. The molecule has 4 aromatic rings. The van der Waals surface area contributed by atoms with Crippen LogP contribution in [0.3, 0.4) is 0 Å². The van der Waals surface area contributed by atoms with Crippen molar-refractivity contribution in [2.45, 2.75) is 6.54 Å². The highest BCUT2D eigenvalue weighted by molar-refractivity contribution is 6.15. The third-order valence-corrected chi connectivity index (χ3v) is 6.14. The predicted molar refractivity (Wildman–Crippen MR) is 132 cm³/mol. The number of methoxy groups -OCH3 is 2. The van der Waals surface area contributed by atoms with Crippen LogP contribution >= 0.6 is 0 Å². The Hall–Kier alpha value is -3.56. The second-order valence-electron chi connectivity index (χ2n) is 8.51. The summed E-state index contributed by atoms with van der Waals surface area (Å²) in [5, 5.41) is 6.44. The molecule has 0 saturated heterocycles. The molecule has 9 nitrogen and oxygen atoms in total. The van der Waals surface area contributed by atoms with Gasteiger partial charge < -0.3 is 33.7 Å². The highest BCUT2D eigenvalue weighted by Crippen LogP contribution is 2.40. The number of rotatable bonds is 8. The maximum absolute atomic E-state index is 13.8. The predicted octanol–water partition coefficient (Wildman–Crippen LogP) is 2.60. The summed E-state index contributed by atoms with van der Waals surface area (Å²) in [5.74, 6) is 2.38. The zero-order valence-electron chi connectivity index (χ0n) is 19.8. The van der Waals surface area contributed by atoms with Gasteiger partial charge in [-0.15, -0.1) is 0 Å². The van der Waals surface area contributed by atoms with E-state index >= 15 is 0 Å². The molecule has 34 heavy (non-hydrogen) atoms. The Morgan fingerprint density at radius 3 is 2.38 bits per heavy atom. The summed E-state index contributed by atoms with van der Waals surface area (Å²) in [6, 6.07) is 7.36. The Labute approximate surface area is 196 Å². The summed E-state index contributed by atoms with van der Waals surface area (Å²) in [6.45, 7) is 3.07. The van der Waals surface area contributed by atoms with Gasteiger partial charge >= 0.3 is 0 Å². The molecular formula is C25H28N4O5. The zero-order valence-corrected chi connectivity index (χ0v) is 19.8. The van der Waals surface area contributed by atoms with Gasteiger partial charge in [0.1, 0.15) is 0 Å². The highest BCUT2D eigenvalue weighted by Gasteiger charge is 2.20. The van der Waals surface area contributed by atoms with Gasteiger partial charge in [-0.1, -0.05) is 0 Å². The summed E-state index contributed by atoms with van der Waals surface area (Å²) in [7, 11) is 7.22. The molecule has 0 bridgehead atoms. The summed E-state index contributed by atoms with van der Waals surface area (Å²) in [6.07, 6.45) is 1.81. The lowest BCUT2D eigenvalue weighted by Crippen LogP contribution is -2.31. The average molecular weight is 465 g/mol. The zero-order chi connectivity index (χ0) is 23.8. The molecule has 1 aliphatic rings. The first-order chi connectivity index (χ1) is 16.5. The maximum Gasteiger partial charge on any atom is 0.259 e. The molecule has 0 unspecified atom stereocenters. The molecule has 0 aliphatic carbocycles. The number of nitrogens with one attached hydrogen (secondary N) is 1. The summed E-state index contributed by atoms with van der Waals surface area (Å²) >= 11 is 0. The van der Waals surface area contributed by atoms with Crippen LogP contribution in [0.5, 0.6) is 23.0 Å². The quantitative estimate of drug-likeness (QED) is 0.315. The van der Waals surface area contributed by atoms with E-state index in [0.29, 0.717) is 41.5 Å². The number of hydrogen-bond acceptors (Lipinski definition) is 8. The van der Waals surface area contributed by atoms with Crippen molar-refractivity contribution in [3.8, 4) is 23.0 Å². The average Bonchev–Trinajstić information content (AvgIpc) is 3.30. The Balaban J connectivity index is 1.75. The van der Waals surface area contributed by atoms with Crippen molar-refractivity contribution in [3.05, 3.63) is 40.8 Å². The van der Waals surface area contributed by atoms with Crippen LogP contribution in [0.1, 0.15) is 0 Å². The lowest BCUT2D eigenvalue weighted by atomic mass is 10.0. The molecule has 1 aliphatic heterocycles. The van der Waals surface area contributed by atoms with E-state index in [-0.39, 0.29) is 12.4 Å². The number of benzene rings is 2. The first kappa shape index (κ1) is 22.2. The molecule has 1 N–H and O–H groups in total. The van der Waals surface area contributed by atoms with Gasteiger partial charge in [0.05, 0.1) is 30.6 Å². The molecule has 5 rings (SSSR count). The Morgan fingerprint density at radius 1 is 0.971 bits per heavy atom. The molecule has 0 saturated carbocycles. The number of nitrogens with zero attached hydrogens (tertiary/aromatic N) is 3. The Bertz CT molecular complexity index is 1450. The standard InChI is InChI=1S/C25H28N4O5/c1-28(2)7-5-26-6-8-29-24-17-11-22-23(34-14-33-22)12-19(17)27-13-18(24)15-9-20(31-3)21(32-4)10-16(15)25(29)30/h9-13,26H,5-8,14H2,1-4H3. The Kier molecular flexibility index (Phi) is 5.89. The van der Waals surface area contributed by atoms with Crippen LogP contribution in [-0.4, -0.2) is 69.2 Å². The van der Waals surface area contributed by atoms with Crippen LogP contribution in [0.2, 0.25) is 0 Å². The topological polar surface area (TPSA) is 87.1 Å². The fraction of sp³-hybridized carbons (Fsp3) is 0.360. The number of ether oxygens (including phenoxy) is 4. The van der Waals surface area contributed by atoms with Crippen LogP contribution < -0.4 is 29.8 Å². The van der Waals surface area contributed by atoms with E-state index in [9.17, 15) is 4.79 Å². The van der Waals surface area contributed by atoms with E-state index in [1.165, 1.54) is 0 Å². The molecule has 0 fully saturated rings. The van der Waals surface area contributed by atoms with Gasteiger partial charge in [-0.2, -0.15) is 0 Å². The lowest BCUT2D eigenvalue weighted by molar-refractivity contribution is 0.174. The first-order valence-corrected chi connectivity index (χ1v) is 11.2. The third-order valence-electron chi connectivity index (χ3n) is 6.14. The van der Waals surface area contributed by atoms with Crippen molar-refractivity contribution in [1.29, 1.82) is 0 Å². The van der Waals surface area contributed by atoms with Crippen LogP contribution in [0.15, 0.2) is 35.3 Å². The molecule has 3 heterocycles. The van der Waals surface area contributed by atoms with Gasteiger partial charge in [-0.05, 0) is 32.3 Å². The van der Waals surface area contributed by atoms with Crippen molar-refractivity contribution in [1.82, 2.24) is 19.8 Å². The van der Waals surface area contributed by atoms with Crippen molar-refractivity contribution in [3.63, 3.8) is 0 Å². The van der Waals surface area contributed by atoms with Crippen molar-refractivity contribution >= 4 is 32.6 Å². The van der Waals surface area contributed by atoms with Crippen LogP contribution in [-0.2, 0) is 6.54 Å². The molecule has 2 aromatic heterocycles. The van der Waals surface area contributed by atoms with E-state index in [1.54, 1.807) is 20.3 Å².